The van der Waals surface area contributed by atoms with Gasteiger partial charge in [-0.15, -0.1) is 0 Å². The molecule has 0 spiro atoms. The van der Waals surface area contributed by atoms with Crippen LogP contribution in [0.3, 0.4) is 0 Å². The van der Waals surface area contributed by atoms with E-state index in [4.69, 9.17) is 9.26 Å². The number of aromatic nitrogens is 5. The van der Waals surface area contributed by atoms with Crippen LogP contribution in [0.5, 0.6) is 0 Å². The number of hydrogen-bond acceptors (Lipinski definition) is 7. The molecule has 1 aliphatic carbocycles. The van der Waals surface area contributed by atoms with Gasteiger partial charge >= 0.3 is 0 Å². The molecule has 2 fully saturated rings. The van der Waals surface area contributed by atoms with E-state index in [2.05, 4.69) is 37.1 Å². The average molecular weight is 304 g/mol. The van der Waals surface area contributed by atoms with Gasteiger partial charge in [0, 0.05) is 19.0 Å². The van der Waals surface area contributed by atoms with E-state index in [0.29, 0.717) is 24.2 Å². The van der Waals surface area contributed by atoms with Gasteiger partial charge in [-0.25, -0.2) is 4.98 Å². The predicted molar refractivity (Wildman–Crippen MR) is 76.1 cm³/mol. The second-order valence-corrected chi connectivity index (χ2v) is 6.07. The third kappa shape index (κ3) is 2.64. The number of aromatic amines is 1. The fourth-order valence-corrected chi connectivity index (χ4v) is 2.76. The Morgan fingerprint density at radius 3 is 2.86 bits per heavy atom. The van der Waals surface area contributed by atoms with E-state index in [1.165, 1.54) is 12.8 Å². The van der Waals surface area contributed by atoms with Crippen molar-refractivity contribution in [2.24, 2.45) is 0 Å². The first kappa shape index (κ1) is 13.8. The number of nitrogens with one attached hydrogen (secondary N) is 1. The molecule has 1 aliphatic heterocycles. The summed E-state index contributed by atoms with van der Waals surface area (Å²) in [7, 11) is 0. The zero-order valence-corrected chi connectivity index (χ0v) is 12.8. The number of ether oxygens (including phenoxy) is 1. The summed E-state index contributed by atoms with van der Waals surface area (Å²) in [6.45, 7) is 6.18. The second kappa shape index (κ2) is 5.44. The highest BCUT2D eigenvalue weighted by Gasteiger charge is 2.33. The Hall–Kier alpha value is -1.80. The predicted octanol–water partition coefficient (Wildman–Crippen LogP) is 1.51. The minimum atomic E-state index is -0.119. The second-order valence-electron chi connectivity index (χ2n) is 6.07. The van der Waals surface area contributed by atoms with Crippen LogP contribution in [0.2, 0.25) is 0 Å². The van der Waals surface area contributed by atoms with Crippen molar-refractivity contribution in [3.8, 4) is 0 Å². The van der Waals surface area contributed by atoms with E-state index in [1.54, 1.807) is 0 Å². The zero-order chi connectivity index (χ0) is 15.1. The maximum absolute atomic E-state index is 5.79. The Morgan fingerprint density at radius 1 is 1.27 bits per heavy atom. The summed E-state index contributed by atoms with van der Waals surface area (Å²) < 4.78 is 11.2. The monoisotopic (exact) mass is 304 g/mol. The van der Waals surface area contributed by atoms with Gasteiger partial charge in [0.25, 0.3) is 0 Å². The van der Waals surface area contributed by atoms with Crippen molar-refractivity contribution in [2.75, 3.05) is 19.7 Å². The number of hydrogen-bond donors (Lipinski definition) is 1. The number of H-pyrrole nitrogens is 1. The summed E-state index contributed by atoms with van der Waals surface area (Å²) in [6, 6.07) is 0.0754. The van der Waals surface area contributed by atoms with Crippen molar-refractivity contribution in [1.82, 2.24) is 30.2 Å². The van der Waals surface area contributed by atoms with Gasteiger partial charge in [-0.05, 0) is 26.7 Å². The molecule has 3 heterocycles. The SMILES string of the molecule is Cc1nc([C@@H]2CN([C@@H](C)c3nc(C4CC4)no3)CCO2)n[nH]1. The summed E-state index contributed by atoms with van der Waals surface area (Å²) >= 11 is 0. The summed E-state index contributed by atoms with van der Waals surface area (Å²) in [5.74, 6) is 3.57. The highest BCUT2D eigenvalue weighted by Crippen LogP contribution is 2.38. The zero-order valence-electron chi connectivity index (χ0n) is 12.8. The van der Waals surface area contributed by atoms with E-state index in [1.807, 2.05) is 6.92 Å². The van der Waals surface area contributed by atoms with Crippen LogP contribution in [0.1, 0.15) is 61.2 Å². The quantitative estimate of drug-likeness (QED) is 0.915. The topological polar surface area (TPSA) is 93.0 Å². The van der Waals surface area contributed by atoms with Crippen LogP contribution in [0.15, 0.2) is 4.52 Å². The average Bonchev–Trinajstić information content (AvgIpc) is 3.10. The van der Waals surface area contributed by atoms with E-state index < -0.39 is 0 Å². The number of nitrogens with zero attached hydrogens (tertiary/aromatic N) is 5. The van der Waals surface area contributed by atoms with Crippen LogP contribution < -0.4 is 0 Å². The van der Waals surface area contributed by atoms with Crippen LogP contribution in [-0.4, -0.2) is 49.9 Å². The lowest BCUT2D eigenvalue weighted by Crippen LogP contribution is -2.40. The van der Waals surface area contributed by atoms with Crippen molar-refractivity contribution in [3.05, 3.63) is 23.4 Å². The molecule has 1 saturated heterocycles. The van der Waals surface area contributed by atoms with Gasteiger partial charge in [0.1, 0.15) is 11.9 Å². The van der Waals surface area contributed by atoms with Crippen molar-refractivity contribution >= 4 is 0 Å². The molecule has 0 radical (unpaired) electrons. The number of rotatable bonds is 4. The molecule has 2 atom stereocenters. The Kier molecular flexibility index (Phi) is 3.42. The lowest BCUT2D eigenvalue weighted by molar-refractivity contribution is -0.0507. The summed E-state index contributed by atoms with van der Waals surface area (Å²) in [5.41, 5.74) is 0. The molecule has 2 aromatic rings. The van der Waals surface area contributed by atoms with E-state index in [0.717, 1.165) is 24.7 Å². The molecule has 1 N–H and O–H groups in total. The van der Waals surface area contributed by atoms with Crippen molar-refractivity contribution in [3.63, 3.8) is 0 Å². The normalized spacial score (nSPS) is 24.5. The molecule has 2 aromatic heterocycles. The Labute approximate surface area is 128 Å². The van der Waals surface area contributed by atoms with Crippen LogP contribution in [-0.2, 0) is 4.74 Å². The van der Waals surface area contributed by atoms with Crippen LogP contribution in [0.4, 0.5) is 0 Å². The molecule has 4 rings (SSSR count). The molecule has 0 unspecified atom stereocenters. The molecule has 22 heavy (non-hydrogen) atoms. The molecule has 118 valence electrons. The summed E-state index contributed by atoms with van der Waals surface area (Å²) in [6.07, 6.45) is 2.24. The van der Waals surface area contributed by atoms with Gasteiger partial charge in [-0.2, -0.15) is 10.1 Å². The highest BCUT2D eigenvalue weighted by molar-refractivity contribution is 5.05. The standard InChI is InChI=1S/C14H20N6O2/c1-8(14-16-12(19-22-14)10-3-4-10)20-5-6-21-11(7-20)13-15-9(2)17-18-13/h8,10-11H,3-7H2,1-2H3,(H,15,17,18)/t8-,11-/m0/s1. The van der Waals surface area contributed by atoms with Crippen molar-refractivity contribution in [1.29, 1.82) is 0 Å². The van der Waals surface area contributed by atoms with Gasteiger partial charge in [0.05, 0.1) is 12.6 Å². The first-order valence-electron chi connectivity index (χ1n) is 7.79. The van der Waals surface area contributed by atoms with Crippen molar-refractivity contribution < 1.29 is 9.26 Å². The third-order valence-corrected chi connectivity index (χ3v) is 4.31. The molecule has 0 bridgehead atoms. The third-order valence-electron chi connectivity index (χ3n) is 4.31. The first-order valence-corrected chi connectivity index (χ1v) is 7.79. The molecule has 1 saturated carbocycles. The largest absolute Gasteiger partial charge is 0.367 e. The number of aryl methyl sites for hydroxylation is 1. The first-order chi connectivity index (χ1) is 10.7. The molecule has 0 aromatic carbocycles. The Morgan fingerprint density at radius 2 is 2.14 bits per heavy atom. The molecule has 8 heteroatoms. The summed E-state index contributed by atoms with van der Waals surface area (Å²) in [4.78, 5) is 11.2. The molecule has 0 amide bonds. The Bertz CT molecular complexity index is 649. The highest BCUT2D eigenvalue weighted by atomic mass is 16.5. The van der Waals surface area contributed by atoms with E-state index in [9.17, 15) is 0 Å². The lowest BCUT2D eigenvalue weighted by Gasteiger charge is -2.34. The number of morpholine rings is 1. The smallest absolute Gasteiger partial charge is 0.243 e. The van der Waals surface area contributed by atoms with Crippen LogP contribution in [0.25, 0.3) is 0 Å². The fraction of sp³-hybridized carbons (Fsp3) is 0.714. The van der Waals surface area contributed by atoms with Crippen LogP contribution >= 0.6 is 0 Å². The molecule has 2 aliphatic rings. The maximum atomic E-state index is 5.79. The lowest BCUT2D eigenvalue weighted by atomic mass is 10.2. The fourth-order valence-electron chi connectivity index (χ4n) is 2.76. The van der Waals surface area contributed by atoms with Gasteiger partial charge in [-0.3, -0.25) is 10.00 Å². The summed E-state index contributed by atoms with van der Waals surface area (Å²) in [5, 5.41) is 11.2. The molecular weight excluding hydrogens is 284 g/mol. The van der Waals surface area contributed by atoms with E-state index >= 15 is 0 Å². The van der Waals surface area contributed by atoms with E-state index in [-0.39, 0.29) is 12.1 Å². The Balaban J connectivity index is 1.46. The van der Waals surface area contributed by atoms with Gasteiger partial charge in [-0.1, -0.05) is 5.16 Å². The molecule has 8 nitrogen and oxygen atoms in total. The van der Waals surface area contributed by atoms with Gasteiger partial charge in [0.15, 0.2) is 11.6 Å². The maximum Gasteiger partial charge on any atom is 0.243 e. The van der Waals surface area contributed by atoms with Gasteiger partial charge < -0.3 is 9.26 Å². The minimum Gasteiger partial charge on any atom is -0.367 e. The minimum absolute atomic E-state index is 0.0754. The molecular formula is C14H20N6O2. The van der Waals surface area contributed by atoms with Crippen LogP contribution in [0, 0.1) is 6.92 Å². The van der Waals surface area contributed by atoms with Crippen molar-refractivity contribution in [2.45, 2.75) is 44.8 Å². The van der Waals surface area contributed by atoms with Gasteiger partial charge in [0.2, 0.25) is 5.89 Å².